The minimum Gasteiger partial charge on any atom is -0.497 e. The van der Waals surface area contributed by atoms with Crippen molar-refractivity contribution in [3.63, 3.8) is 0 Å². The fourth-order valence-electron chi connectivity index (χ4n) is 2.24. The van der Waals surface area contributed by atoms with Crippen molar-refractivity contribution in [2.75, 3.05) is 7.11 Å². The molecule has 0 saturated heterocycles. The number of ether oxygens (including phenoxy) is 1. The molecule has 22 heavy (non-hydrogen) atoms. The lowest BCUT2D eigenvalue weighted by atomic mass is 10.2. The maximum atomic E-state index is 12.0. The molecule has 2 rings (SSSR count). The van der Waals surface area contributed by atoms with Crippen molar-refractivity contribution in [1.82, 2.24) is 9.99 Å². The predicted molar refractivity (Wildman–Crippen MR) is 87.6 cm³/mol. The van der Waals surface area contributed by atoms with E-state index < -0.39 is 0 Å². The largest absolute Gasteiger partial charge is 0.497 e. The van der Waals surface area contributed by atoms with Gasteiger partial charge in [-0.25, -0.2) is 5.43 Å². The van der Waals surface area contributed by atoms with E-state index >= 15 is 0 Å². The molecule has 0 saturated carbocycles. The van der Waals surface area contributed by atoms with E-state index in [0.29, 0.717) is 17.4 Å². The first-order chi connectivity index (χ1) is 10.5. The molecule has 5 nitrogen and oxygen atoms in total. The first-order valence-electron chi connectivity index (χ1n) is 7.17. The summed E-state index contributed by atoms with van der Waals surface area (Å²) in [5, 5.41) is 4.01. The number of hydrogen-bond acceptors (Lipinski definition) is 3. The minimum atomic E-state index is -0.268. The molecule has 0 atom stereocenters. The number of aromatic nitrogens is 1. The number of carbonyl (C=O) groups excluding carboxylic acids is 1. The third kappa shape index (κ3) is 3.75. The van der Waals surface area contributed by atoms with E-state index in [9.17, 15) is 4.79 Å². The molecule has 0 radical (unpaired) electrons. The first-order valence-corrected chi connectivity index (χ1v) is 7.17. The summed E-state index contributed by atoms with van der Waals surface area (Å²) in [6.45, 7) is 6.29. The van der Waals surface area contributed by atoms with Gasteiger partial charge in [0, 0.05) is 29.1 Å². The number of nitrogens with zero attached hydrogens (tertiary/aromatic N) is 2. The van der Waals surface area contributed by atoms with E-state index in [-0.39, 0.29) is 5.91 Å². The van der Waals surface area contributed by atoms with Crippen molar-refractivity contribution in [2.24, 2.45) is 5.10 Å². The number of nitrogens with one attached hydrogen (secondary N) is 1. The molecule has 0 fully saturated rings. The molecule has 1 N–H and O–H groups in total. The average Bonchev–Trinajstić information content (AvgIpc) is 2.88. The Labute approximate surface area is 130 Å². The third-order valence-corrected chi connectivity index (χ3v) is 3.34. The summed E-state index contributed by atoms with van der Waals surface area (Å²) < 4.78 is 7.25. The van der Waals surface area contributed by atoms with E-state index in [1.54, 1.807) is 37.6 Å². The smallest absolute Gasteiger partial charge is 0.271 e. The molecule has 2 aromatic rings. The quantitative estimate of drug-likeness (QED) is 0.681. The molecule has 0 spiro atoms. The number of hydrogen-bond donors (Lipinski definition) is 1. The Balaban J connectivity index is 2.02. The number of benzene rings is 1. The van der Waals surface area contributed by atoms with E-state index in [2.05, 4.69) is 28.9 Å². The number of amides is 1. The molecule has 0 unspecified atom stereocenters. The van der Waals surface area contributed by atoms with Gasteiger partial charge in [-0.2, -0.15) is 5.10 Å². The molecule has 5 heteroatoms. The van der Waals surface area contributed by atoms with Crippen LogP contribution in [0.15, 0.2) is 41.6 Å². The van der Waals surface area contributed by atoms with Gasteiger partial charge in [-0.3, -0.25) is 4.79 Å². The van der Waals surface area contributed by atoms with Crippen LogP contribution in [-0.4, -0.2) is 23.8 Å². The molecule has 1 amide bonds. The number of carbonyl (C=O) groups is 1. The highest BCUT2D eigenvalue weighted by Crippen LogP contribution is 2.13. The van der Waals surface area contributed by atoms with Gasteiger partial charge in [-0.05, 0) is 45.0 Å². The summed E-state index contributed by atoms with van der Waals surface area (Å²) in [6.07, 6.45) is 3.66. The van der Waals surface area contributed by atoms with Crippen LogP contribution in [0.5, 0.6) is 5.75 Å². The maximum absolute atomic E-state index is 12.0. The third-order valence-electron chi connectivity index (χ3n) is 3.34. The van der Waals surface area contributed by atoms with Crippen molar-refractivity contribution in [3.8, 4) is 5.75 Å². The first kappa shape index (κ1) is 15.8. The molecule has 1 aromatic carbocycles. The van der Waals surface area contributed by atoms with Gasteiger partial charge in [0.1, 0.15) is 5.75 Å². The van der Waals surface area contributed by atoms with Crippen LogP contribution in [0.4, 0.5) is 0 Å². The van der Waals surface area contributed by atoms with Gasteiger partial charge in [0.2, 0.25) is 0 Å². The highest BCUT2D eigenvalue weighted by molar-refractivity contribution is 5.95. The predicted octanol–water partition coefficient (Wildman–Crippen LogP) is 3.15. The highest BCUT2D eigenvalue weighted by atomic mass is 16.5. The molecule has 1 heterocycles. The maximum Gasteiger partial charge on any atom is 0.271 e. The van der Waals surface area contributed by atoms with Crippen LogP contribution < -0.4 is 10.2 Å². The van der Waals surface area contributed by atoms with Crippen LogP contribution >= 0.6 is 0 Å². The van der Waals surface area contributed by atoms with Crippen molar-refractivity contribution in [1.29, 1.82) is 0 Å². The minimum absolute atomic E-state index is 0.268. The molecule has 0 aliphatic rings. The zero-order valence-electron chi connectivity index (χ0n) is 13.3. The van der Waals surface area contributed by atoms with E-state index in [1.165, 1.54) is 0 Å². The van der Waals surface area contributed by atoms with Crippen molar-refractivity contribution >= 4 is 12.1 Å². The van der Waals surface area contributed by atoms with Crippen LogP contribution in [0.25, 0.3) is 0 Å². The van der Waals surface area contributed by atoms with Crippen LogP contribution in [0.1, 0.15) is 41.5 Å². The Morgan fingerprint density at radius 1 is 1.36 bits per heavy atom. The van der Waals surface area contributed by atoms with Gasteiger partial charge in [-0.1, -0.05) is 6.07 Å². The lowest BCUT2D eigenvalue weighted by molar-refractivity contribution is 0.0955. The number of methoxy groups -OCH3 is 1. The Bertz CT molecular complexity index is 687. The van der Waals surface area contributed by atoms with Gasteiger partial charge in [0.25, 0.3) is 5.91 Å². The molecule has 0 aliphatic heterocycles. The second-order valence-corrected chi connectivity index (χ2v) is 5.35. The zero-order chi connectivity index (χ0) is 16.1. The summed E-state index contributed by atoms with van der Waals surface area (Å²) in [6, 6.07) is 9.37. The second kappa shape index (κ2) is 6.93. The van der Waals surface area contributed by atoms with Crippen LogP contribution in [0.3, 0.4) is 0 Å². The van der Waals surface area contributed by atoms with Gasteiger partial charge in [0.15, 0.2) is 0 Å². The van der Waals surface area contributed by atoms with E-state index in [4.69, 9.17) is 4.74 Å². The van der Waals surface area contributed by atoms with E-state index in [0.717, 1.165) is 11.3 Å². The second-order valence-electron chi connectivity index (χ2n) is 5.35. The molecule has 1 aromatic heterocycles. The van der Waals surface area contributed by atoms with Crippen LogP contribution in [-0.2, 0) is 0 Å². The lowest BCUT2D eigenvalue weighted by Crippen LogP contribution is -2.17. The van der Waals surface area contributed by atoms with Gasteiger partial charge < -0.3 is 9.30 Å². The van der Waals surface area contributed by atoms with Crippen molar-refractivity contribution in [2.45, 2.75) is 26.8 Å². The van der Waals surface area contributed by atoms with Gasteiger partial charge >= 0.3 is 0 Å². The summed E-state index contributed by atoms with van der Waals surface area (Å²) >= 11 is 0. The van der Waals surface area contributed by atoms with Gasteiger partial charge in [-0.15, -0.1) is 0 Å². The number of rotatable bonds is 5. The summed E-state index contributed by atoms with van der Waals surface area (Å²) in [4.78, 5) is 12.0. The Kier molecular flexibility index (Phi) is 4.99. The van der Waals surface area contributed by atoms with E-state index in [1.807, 2.05) is 19.2 Å². The summed E-state index contributed by atoms with van der Waals surface area (Å²) in [5.74, 6) is 0.372. The molecule has 0 bridgehead atoms. The SMILES string of the molecule is COc1cccc(C(=O)N/N=C\c2cc(C)n(C(C)C)c2)c1. The van der Waals surface area contributed by atoms with Crippen molar-refractivity contribution < 1.29 is 9.53 Å². The molecule has 116 valence electrons. The van der Waals surface area contributed by atoms with Crippen LogP contribution in [0.2, 0.25) is 0 Å². The molecular formula is C17H21N3O2. The van der Waals surface area contributed by atoms with Crippen LogP contribution in [0, 0.1) is 6.92 Å². The number of hydrazone groups is 1. The fourth-order valence-corrected chi connectivity index (χ4v) is 2.24. The topological polar surface area (TPSA) is 55.6 Å². The standard InChI is InChI=1S/C17H21N3O2/c1-12(2)20-11-14(8-13(20)3)10-18-19-17(21)15-6-5-7-16(9-15)22-4/h5-12H,1-4H3,(H,19,21)/b18-10-. The molecule has 0 aliphatic carbocycles. The number of aryl methyl sites for hydroxylation is 1. The monoisotopic (exact) mass is 299 g/mol. The zero-order valence-corrected chi connectivity index (χ0v) is 13.3. The van der Waals surface area contributed by atoms with Crippen molar-refractivity contribution in [3.05, 3.63) is 53.3 Å². The average molecular weight is 299 g/mol. The normalized spacial score (nSPS) is 11.1. The Morgan fingerprint density at radius 3 is 2.77 bits per heavy atom. The summed E-state index contributed by atoms with van der Waals surface area (Å²) in [5.41, 5.74) is 5.15. The fraction of sp³-hybridized carbons (Fsp3) is 0.294. The summed E-state index contributed by atoms with van der Waals surface area (Å²) in [7, 11) is 1.57. The Morgan fingerprint density at radius 2 is 2.14 bits per heavy atom. The van der Waals surface area contributed by atoms with Gasteiger partial charge in [0.05, 0.1) is 13.3 Å². The Hall–Kier alpha value is -2.56. The lowest BCUT2D eigenvalue weighted by Gasteiger charge is -2.08. The highest BCUT2D eigenvalue weighted by Gasteiger charge is 2.06. The molecular weight excluding hydrogens is 278 g/mol.